The van der Waals surface area contributed by atoms with Crippen molar-refractivity contribution >= 4 is 11.5 Å². The van der Waals surface area contributed by atoms with E-state index in [1.807, 2.05) is 11.6 Å². The second kappa shape index (κ2) is 4.80. The fourth-order valence-electron chi connectivity index (χ4n) is 2.55. The van der Waals surface area contributed by atoms with Crippen LogP contribution in [0.25, 0.3) is 0 Å². The minimum absolute atomic E-state index is 0.195. The summed E-state index contributed by atoms with van der Waals surface area (Å²) in [6.07, 6.45) is 0.599. The number of nitrogens with zero attached hydrogens (tertiary/aromatic N) is 3. The first-order chi connectivity index (χ1) is 8.41. The van der Waals surface area contributed by atoms with Gasteiger partial charge in [-0.05, 0) is 33.1 Å². The summed E-state index contributed by atoms with van der Waals surface area (Å²) < 4.78 is 2.00. The number of piperidine rings is 1. The molecule has 1 fully saturated rings. The molecular formula is C13H24N4O. The molecule has 2 heterocycles. The molecule has 2 rings (SSSR count). The van der Waals surface area contributed by atoms with Gasteiger partial charge in [0.1, 0.15) is 0 Å². The predicted octanol–water partition coefficient (Wildman–Crippen LogP) is 1.56. The minimum atomic E-state index is -0.195. The molecule has 2 atom stereocenters. The molecule has 0 aromatic carbocycles. The van der Waals surface area contributed by atoms with Gasteiger partial charge in [0.05, 0.1) is 17.5 Å². The van der Waals surface area contributed by atoms with Gasteiger partial charge in [0.15, 0.2) is 5.82 Å². The zero-order valence-corrected chi connectivity index (χ0v) is 11.7. The number of aliphatic hydroxyl groups is 1. The second-order valence-corrected chi connectivity index (χ2v) is 5.64. The lowest BCUT2D eigenvalue weighted by atomic mass is 9.97. The Labute approximate surface area is 109 Å². The number of hydrogen-bond acceptors (Lipinski definition) is 4. The van der Waals surface area contributed by atoms with Crippen LogP contribution in [0, 0.1) is 12.8 Å². The van der Waals surface area contributed by atoms with E-state index in [2.05, 4.69) is 30.8 Å². The largest absolute Gasteiger partial charge is 0.394 e. The van der Waals surface area contributed by atoms with Gasteiger partial charge in [0.25, 0.3) is 0 Å². The lowest BCUT2D eigenvalue weighted by molar-refractivity contribution is 0.0966. The van der Waals surface area contributed by atoms with Crippen molar-refractivity contribution in [3.8, 4) is 0 Å². The summed E-state index contributed by atoms with van der Waals surface area (Å²) in [7, 11) is 0. The summed E-state index contributed by atoms with van der Waals surface area (Å²) in [5.41, 5.74) is 7.82. The third-order valence-corrected chi connectivity index (χ3v) is 3.75. The summed E-state index contributed by atoms with van der Waals surface area (Å²) in [5, 5.41) is 14.3. The van der Waals surface area contributed by atoms with Crippen molar-refractivity contribution in [2.45, 2.75) is 46.3 Å². The Morgan fingerprint density at radius 2 is 2.11 bits per heavy atom. The lowest BCUT2D eigenvalue weighted by Gasteiger charge is -2.36. The average Bonchev–Trinajstić information content (AvgIpc) is 2.60. The minimum Gasteiger partial charge on any atom is -0.394 e. The number of hydrogen-bond donors (Lipinski definition) is 2. The third kappa shape index (κ3) is 2.19. The summed E-state index contributed by atoms with van der Waals surface area (Å²) >= 11 is 0. The molecule has 3 N–H and O–H groups in total. The van der Waals surface area contributed by atoms with Gasteiger partial charge in [0, 0.05) is 19.1 Å². The Morgan fingerprint density at radius 3 is 2.67 bits per heavy atom. The molecule has 0 radical (unpaired) electrons. The Morgan fingerprint density at radius 1 is 1.44 bits per heavy atom. The van der Waals surface area contributed by atoms with E-state index < -0.39 is 0 Å². The van der Waals surface area contributed by atoms with Crippen LogP contribution in [0.3, 0.4) is 0 Å². The highest BCUT2D eigenvalue weighted by Gasteiger charge is 2.28. The van der Waals surface area contributed by atoms with Crippen molar-refractivity contribution in [2.24, 2.45) is 5.92 Å². The quantitative estimate of drug-likeness (QED) is 0.838. The molecule has 0 saturated carbocycles. The number of aromatic nitrogens is 2. The fraction of sp³-hybridized carbons (Fsp3) is 0.769. The van der Waals surface area contributed by atoms with Gasteiger partial charge in [-0.25, -0.2) is 4.68 Å². The molecule has 18 heavy (non-hydrogen) atoms. The normalized spacial score (nSPS) is 24.9. The molecule has 0 amide bonds. The molecule has 1 aromatic heterocycles. The van der Waals surface area contributed by atoms with Crippen molar-refractivity contribution < 1.29 is 5.11 Å². The van der Waals surface area contributed by atoms with Crippen molar-refractivity contribution in [1.82, 2.24) is 9.78 Å². The number of rotatable bonds is 2. The number of aliphatic hydroxyl groups excluding tert-OH is 1. The van der Waals surface area contributed by atoms with E-state index in [0.717, 1.165) is 36.7 Å². The van der Waals surface area contributed by atoms with E-state index in [4.69, 9.17) is 5.73 Å². The highest BCUT2D eigenvalue weighted by Crippen LogP contribution is 2.32. The standard InChI is InChI=1S/C13H24N4O/c1-8(2)17-13(12(14)10(4)15-17)16-6-5-11(18)9(3)7-16/h8-9,11,18H,5-7,14H2,1-4H3. The maximum Gasteiger partial charge on any atom is 0.150 e. The van der Waals surface area contributed by atoms with E-state index in [-0.39, 0.29) is 18.1 Å². The molecule has 1 aliphatic heterocycles. The lowest BCUT2D eigenvalue weighted by Crippen LogP contribution is -2.43. The van der Waals surface area contributed by atoms with E-state index in [0.29, 0.717) is 0 Å². The monoisotopic (exact) mass is 252 g/mol. The summed E-state index contributed by atoms with van der Waals surface area (Å²) in [5.74, 6) is 1.29. The number of aryl methyl sites for hydroxylation is 1. The van der Waals surface area contributed by atoms with Crippen molar-refractivity contribution in [2.75, 3.05) is 23.7 Å². The zero-order valence-electron chi connectivity index (χ0n) is 11.7. The van der Waals surface area contributed by atoms with Crippen LogP contribution in [0.1, 0.15) is 38.9 Å². The van der Waals surface area contributed by atoms with Crippen molar-refractivity contribution in [3.05, 3.63) is 5.69 Å². The molecule has 0 bridgehead atoms. The van der Waals surface area contributed by atoms with Gasteiger partial charge < -0.3 is 15.7 Å². The predicted molar refractivity (Wildman–Crippen MR) is 73.8 cm³/mol. The first kappa shape index (κ1) is 13.2. The van der Waals surface area contributed by atoms with Gasteiger partial charge >= 0.3 is 0 Å². The first-order valence-corrected chi connectivity index (χ1v) is 6.69. The molecule has 2 unspecified atom stereocenters. The van der Waals surface area contributed by atoms with Gasteiger partial charge in [0.2, 0.25) is 0 Å². The van der Waals surface area contributed by atoms with Crippen LogP contribution in [-0.2, 0) is 0 Å². The summed E-state index contributed by atoms with van der Waals surface area (Å²) in [6, 6.07) is 0.290. The van der Waals surface area contributed by atoms with Gasteiger partial charge in [-0.1, -0.05) is 6.92 Å². The smallest absolute Gasteiger partial charge is 0.150 e. The molecule has 1 aliphatic rings. The Hall–Kier alpha value is -1.23. The summed E-state index contributed by atoms with van der Waals surface area (Å²) in [6.45, 7) is 9.92. The Balaban J connectivity index is 2.33. The van der Waals surface area contributed by atoms with Crippen LogP contribution in [-0.4, -0.2) is 34.1 Å². The fourth-order valence-corrected chi connectivity index (χ4v) is 2.55. The zero-order chi connectivity index (χ0) is 13.4. The molecule has 5 heteroatoms. The van der Waals surface area contributed by atoms with Gasteiger partial charge in [-0.2, -0.15) is 5.10 Å². The number of nitrogen functional groups attached to an aromatic ring is 1. The van der Waals surface area contributed by atoms with E-state index in [1.165, 1.54) is 0 Å². The van der Waals surface area contributed by atoms with E-state index >= 15 is 0 Å². The van der Waals surface area contributed by atoms with Crippen molar-refractivity contribution in [3.63, 3.8) is 0 Å². The molecular weight excluding hydrogens is 228 g/mol. The Kier molecular flexibility index (Phi) is 3.52. The molecule has 0 aliphatic carbocycles. The Bertz CT molecular complexity index is 427. The maximum atomic E-state index is 9.82. The topological polar surface area (TPSA) is 67.3 Å². The second-order valence-electron chi connectivity index (χ2n) is 5.64. The van der Waals surface area contributed by atoms with Crippen LogP contribution in [0.4, 0.5) is 11.5 Å². The molecule has 1 saturated heterocycles. The van der Waals surface area contributed by atoms with E-state index in [1.54, 1.807) is 0 Å². The van der Waals surface area contributed by atoms with E-state index in [9.17, 15) is 5.11 Å². The third-order valence-electron chi connectivity index (χ3n) is 3.75. The van der Waals surface area contributed by atoms with Crippen LogP contribution in [0.5, 0.6) is 0 Å². The first-order valence-electron chi connectivity index (χ1n) is 6.69. The number of nitrogens with two attached hydrogens (primary N) is 1. The van der Waals surface area contributed by atoms with Crippen molar-refractivity contribution in [1.29, 1.82) is 0 Å². The summed E-state index contributed by atoms with van der Waals surface area (Å²) in [4.78, 5) is 2.26. The maximum absolute atomic E-state index is 9.82. The van der Waals surface area contributed by atoms with Crippen LogP contribution in [0.2, 0.25) is 0 Å². The number of anilines is 2. The average molecular weight is 252 g/mol. The van der Waals surface area contributed by atoms with Crippen LogP contribution < -0.4 is 10.6 Å². The molecule has 102 valence electrons. The highest BCUT2D eigenvalue weighted by atomic mass is 16.3. The van der Waals surface area contributed by atoms with Gasteiger partial charge in [-0.15, -0.1) is 0 Å². The van der Waals surface area contributed by atoms with Crippen LogP contribution >= 0.6 is 0 Å². The molecule has 5 nitrogen and oxygen atoms in total. The van der Waals surface area contributed by atoms with Gasteiger partial charge in [-0.3, -0.25) is 0 Å². The molecule has 0 spiro atoms. The van der Waals surface area contributed by atoms with Crippen LogP contribution in [0.15, 0.2) is 0 Å². The highest BCUT2D eigenvalue weighted by molar-refractivity contribution is 5.66. The molecule has 1 aromatic rings. The SMILES string of the molecule is Cc1nn(C(C)C)c(N2CCC(O)C(C)C2)c1N.